The van der Waals surface area contributed by atoms with Crippen LogP contribution in [0.3, 0.4) is 0 Å². The van der Waals surface area contributed by atoms with E-state index in [1.807, 2.05) is 0 Å². The molecular weight excluding hydrogens is 287 g/mol. The summed E-state index contributed by atoms with van der Waals surface area (Å²) in [7, 11) is 0. The van der Waals surface area contributed by atoms with Crippen molar-refractivity contribution < 1.29 is 22.5 Å². The summed E-state index contributed by atoms with van der Waals surface area (Å²) in [5, 5.41) is 6.07. The molecule has 8 heteroatoms. The van der Waals surface area contributed by atoms with Gasteiger partial charge in [0.25, 0.3) is 0 Å². The van der Waals surface area contributed by atoms with E-state index < -0.39 is 12.1 Å². The van der Waals surface area contributed by atoms with Crippen LogP contribution in [0.4, 0.5) is 13.2 Å². The van der Waals surface area contributed by atoms with Crippen molar-refractivity contribution in [3.8, 4) is 11.4 Å². The fraction of sp³-hybridized carbons (Fsp3) is 0.308. The Balaban J connectivity index is 1.85. The number of carbonyl (C=O) groups is 1. The van der Waals surface area contributed by atoms with Crippen LogP contribution >= 0.6 is 0 Å². The van der Waals surface area contributed by atoms with Gasteiger partial charge in [-0.15, -0.1) is 0 Å². The Morgan fingerprint density at radius 2 is 1.90 bits per heavy atom. The molecule has 0 unspecified atom stereocenters. The number of aromatic nitrogens is 2. The van der Waals surface area contributed by atoms with Gasteiger partial charge in [-0.1, -0.05) is 29.4 Å². The summed E-state index contributed by atoms with van der Waals surface area (Å²) in [6.07, 6.45) is -2.33. The second kappa shape index (κ2) is 4.57. The number of benzene rings is 1. The van der Waals surface area contributed by atoms with Crippen LogP contribution in [0.25, 0.3) is 11.4 Å². The Bertz CT molecular complexity index is 660. The molecule has 1 aliphatic carbocycles. The lowest BCUT2D eigenvalue weighted by atomic mass is 10.0. The van der Waals surface area contributed by atoms with Crippen molar-refractivity contribution in [1.82, 2.24) is 15.5 Å². The van der Waals surface area contributed by atoms with E-state index in [0.29, 0.717) is 12.0 Å². The molecule has 21 heavy (non-hydrogen) atoms. The lowest BCUT2D eigenvalue weighted by Gasteiger charge is -2.14. The van der Waals surface area contributed by atoms with E-state index in [1.165, 1.54) is 0 Å². The number of nitrogens with zero attached hydrogens (tertiary/aromatic N) is 2. The summed E-state index contributed by atoms with van der Waals surface area (Å²) in [5.74, 6) is -1.50. The van der Waals surface area contributed by atoms with Crippen molar-refractivity contribution in [2.24, 2.45) is 0 Å². The van der Waals surface area contributed by atoms with Gasteiger partial charge >= 0.3 is 12.1 Å². The second-order valence-electron chi connectivity index (χ2n) is 4.84. The standard InChI is InChI=1S/C13H10F3N3O2/c14-13(15,16)11-18-10(19-21-11)8-1-3-9(4-2-8)12(5-6-12)17-7-20/h1-4,7H,5-6H2,(H,17,20). The zero-order valence-corrected chi connectivity index (χ0v) is 10.6. The summed E-state index contributed by atoms with van der Waals surface area (Å²) < 4.78 is 41.4. The predicted molar refractivity (Wildman–Crippen MR) is 64.8 cm³/mol. The number of amides is 1. The van der Waals surface area contributed by atoms with Crippen LogP contribution in [0, 0.1) is 0 Å². The predicted octanol–water partition coefficient (Wildman–Crippen LogP) is 2.49. The molecule has 0 saturated heterocycles. The van der Waals surface area contributed by atoms with Gasteiger partial charge in [0.15, 0.2) is 0 Å². The summed E-state index contributed by atoms with van der Waals surface area (Å²) in [6.45, 7) is 0. The number of hydrogen-bond acceptors (Lipinski definition) is 4. The normalized spacial score (nSPS) is 16.5. The van der Waals surface area contributed by atoms with Gasteiger partial charge in [0.1, 0.15) is 0 Å². The molecule has 1 aromatic carbocycles. The van der Waals surface area contributed by atoms with Crippen LogP contribution in [0.15, 0.2) is 28.8 Å². The third-order valence-corrected chi connectivity index (χ3v) is 3.45. The first kappa shape index (κ1) is 13.6. The highest BCUT2D eigenvalue weighted by atomic mass is 19.4. The van der Waals surface area contributed by atoms with Gasteiger partial charge in [0, 0.05) is 5.56 Å². The molecule has 0 atom stereocenters. The Hall–Kier alpha value is -2.38. The summed E-state index contributed by atoms with van der Waals surface area (Å²) in [6, 6.07) is 6.69. The monoisotopic (exact) mass is 297 g/mol. The topological polar surface area (TPSA) is 68.0 Å². The Labute approximate surface area is 117 Å². The Morgan fingerprint density at radius 3 is 2.38 bits per heavy atom. The van der Waals surface area contributed by atoms with Crippen molar-refractivity contribution in [2.75, 3.05) is 0 Å². The first-order valence-electron chi connectivity index (χ1n) is 6.18. The average molecular weight is 297 g/mol. The molecule has 1 amide bonds. The Kier molecular flexibility index (Phi) is 2.96. The molecule has 110 valence electrons. The van der Waals surface area contributed by atoms with E-state index >= 15 is 0 Å². The van der Waals surface area contributed by atoms with Crippen LogP contribution in [0.5, 0.6) is 0 Å². The van der Waals surface area contributed by atoms with Gasteiger partial charge in [0.2, 0.25) is 12.2 Å². The summed E-state index contributed by atoms with van der Waals surface area (Å²) >= 11 is 0. The number of rotatable bonds is 4. The zero-order valence-electron chi connectivity index (χ0n) is 10.6. The third-order valence-electron chi connectivity index (χ3n) is 3.45. The van der Waals surface area contributed by atoms with Crippen molar-refractivity contribution in [3.63, 3.8) is 0 Å². The van der Waals surface area contributed by atoms with Gasteiger partial charge in [-0.05, 0) is 18.4 Å². The SMILES string of the molecule is O=CNC1(c2ccc(-c3noc(C(F)(F)F)n3)cc2)CC1. The molecule has 0 radical (unpaired) electrons. The average Bonchev–Trinajstić information content (AvgIpc) is 3.04. The number of alkyl halides is 3. The molecule has 1 fully saturated rings. The van der Waals surface area contributed by atoms with E-state index in [-0.39, 0.29) is 11.4 Å². The molecular formula is C13H10F3N3O2. The van der Waals surface area contributed by atoms with E-state index in [9.17, 15) is 18.0 Å². The van der Waals surface area contributed by atoms with Crippen molar-refractivity contribution in [1.29, 1.82) is 0 Å². The molecule has 1 N–H and O–H groups in total. The minimum absolute atomic E-state index is 0.123. The largest absolute Gasteiger partial charge is 0.471 e. The first-order chi connectivity index (χ1) is 9.94. The number of carbonyl (C=O) groups excluding carboxylic acids is 1. The molecule has 0 aliphatic heterocycles. The lowest BCUT2D eigenvalue weighted by molar-refractivity contribution is -0.159. The maximum absolute atomic E-state index is 12.4. The van der Waals surface area contributed by atoms with Crippen molar-refractivity contribution in [2.45, 2.75) is 24.6 Å². The van der Waals surface area contributed by atoms with Gasteiger partial charge in [0.05, 0.1) is 5.54 Å². The molecule has 1 aromatic heterocycles. The highest BCUT2D eigenvalue weighted by Crippen LogP contribution is 2.45. The maximum atomic E-state index is 12.4. The van der Waals surface area contributed by atoms with Crippen LogP contribution in [-0.4, -0.2) is 16.6 Å². The van der Waals surface area contributed by atoms with E-state index in [1.54, 1.807) is 24.3 Å². The van der Waals surface area contributed by atoms with Crippen LogP contribution < -0.4 is 5.32 Å². The van der Waals surface area contributed by atoms with Crippen LogP contribution in [0.1, 0.15) is 24.3 Å². The molecule has 1 heterocycles. The molecule has 1 saturated carbocycles. The quantitative estimate of drug-likeness (QED) is 0.880. The number of halogens is 3. The van der Waals surface area contributed by atoms with E-state index in [2.05, 4.69) is 20.0 Å². The van der Waals surface area contributed by atoms with Gasteiger partial charge in [-0.2, -0.15) is 18.2 Å². The number of hydrogen-bond donors (Lipinski definition) is 1. The fourth-order valence-corrected chi connectivity index (χ4v) is 2.15. The van der Waals surface area contributed by atoms with E-state index in [4.69, 9.17) is 0 Å². The highest BCUT2D eigenvalue weighted by Gasteiger charge is 2.44. The lowest BCUT2D eigenvalue weighted by Crippen LogP contribution is -2.27. The maximum Gasteiger partial charge on any atom is 0.471 e. The van der Waals surface area contributed by atoms with Crippen LogP contribution in [-0.2, 0) is 16.5 Å². The van der Waals surface area contributed by atoms with Gasteiger partial charge in [-0.3, -0.25) is 4.79 Å². The molecule has 0 spiro atoms. The Morgan fingerprint density at radius 1 is 1.24 bits per heavy atom. The third kappa shape index (κ3) is 2.48. The van der Waals surface area contributed by atoms with Gasteiger partial charge in [-0.25, -0.2) is 0 Å². The van der Waals surface area contributed by atoms with Gasteiger partial charge < -0.3 is 9.84 Å². The minimum Gasteiger partial charge on any atom is -0.349 e. The van der Waals surface area contributed by atoms with Crippen molar-refractivity contribution >= 4 is 6.41 Å². The van der Waals surface area contributed by atoms with Crippen LogP contribution in [0.2, 0.25) is 0 Å². The zero-order chi connectivity index (χ0) is 15.1. The minimum atomic E-state index is -4.66. The summed E-state index contributed by atoms with van der Waals surface area (Å²) in [4.78, 5) is 13.9. The van der Waals surface area contributed by atoms with Crippen molar-refractivity contribution in [3.05, 3.63) is 35.7 Å². The second-order valence-corrected chi connectivity index (χ2v) is 4.84. The summed E-state index contributed by atoms with van der Waals surface area (Å²) in [5.41, 5.74) is 0.979. The fourth-order valence-electron chi connectivity index (χ4n) is 2.15. The smallest absolute Gasteiger partial charge is 0.349 e. The molecule has 2 aromatic rings. The molecule has 3 rings (SSSR count). The molecule has 1 aliphatic rings. The molecule has 5 nitrogen and oxygen atoms in total. The first-order valence-corrected chi connectivity index (χ1v) is 6.18. The van der Waals surface area contributed by atoms with E-state index in [0.717, 1.165) is 18.4 Å². The number of nitrogens with one attached hydrogen (secondary N) is 1. The molecule has 0 bridgehead atoms. The highest BCUT2D eigenvalue weighted by molar-refractivity contribution is 5.57.